The van der Waals surface area contributed by atoms with Gasteiger partial charge in [0.2, 0.25) is 5.91 Å². The summed E-state index contributed by atoms with van der Waals surface area (Å²) in [6.07, 6.45) is 1.76. The second-order valence-electron chi connectivity index (χ2n) is 7.87. The van der Waals surface area contributed by atoms with E-state index in [4.69, 9.17) is 9.47 Å². The molecule has 1 fully saturated rings. The Balaban J connectivity index is 1.70. The first-order valence-electron chi connectivity index (χ1n) is 10.4. The molecule has 2 N–H and O–H groups in total. The summed E-state index contributed by atoms with van der Waals surface area (Å²) >= 11 is 0. The molecule has 0 bridgehead atoms. The van der Waals surface area contributed by atoms with Gasteiger partial charge in [0.05, 0.1) is 29.7 Å². The minimum atomic E-state index is -1.01. The molecule has 0 spiro atoms. The van der Waals surface area contributed by atoms with Crippen LogP contribution in [-0.2, 0) is 9.53 Å². The number of benzene rings is 2. The third kappa shape index (κ3) is 3.90. The molecule has 8 nitrogen and oxygen atoms in total. The fourth-order valence-electron chi connectivity index (χ4n) is 4.38. The number of likely N-dealkylation sites (N-methyl/N-ethyl adjacent to an activating group) is 1. The van der Waals surface area contributed by atoms with Gasteiger partial charge in [-0.3, -0.25) is 4.79 Å². The van der Waals surface area contributed by atoms with Crippen molar-refractivity contribution in [2.75, 3.05) is 42.5 Å². The monoisotopic (exact) mass is 425 g/mol. The molecule has 0 saturated carbocycles. The predicted octanol–water partition coefficient (Wildman–Crippen LogP) is 3.49. The third-order valence-corrected chi connectivity index (χ3v) is 6.03. The molecule has 0 unspecified atom stereocenters. The largest absolute Gasteiger partial charge is 0.495 e. The van der Waals surface area contributed by atoms with Gasteiger partial charge in [0.1, 0.15) is 11.8 Å². The number of methoxy groups -OCH3 is 1. The lowest BCUT2D eigenvalue weighted by Crippen LogP contribution is -2.55. The van der Waals surface area contributed by atoms with E-state index in [9.17, 15) is 14.7 Å². The molecule has 2 aliphatic heterocycles. The zero-order valence-electron chi connectivity index (χ0n) is 17.9. The Bertz CT molecular complexity index is 1000. The fourth-order valence-corrected chi connectivity index (χ4v) is 4.38. The number of nitrogens with one attached hydrogen (secondary N) is 1. The lowest BCUT2D eigenvalue weighted by atomic mass is 9.99. The molecule has 2 aromatic carbocycles. The summed E-state index contributed by atoms with van der Waals surface area (Å²) in [5.41, 5.74) is 3.51. The van der Waals surface area contributed by atoms with Gasteiger partial charge < -0.3 is 29.7 Å². The van der Waals surface area contributed by atoms with Crippen molar-refractivity contribution in [2.45, 2.75) is 31.8 Å². The Kier molecular flexibility index (Phi) is 5.73. The summed E-state index contributed by atoms with van der Waals surface area (Å²) in [4.78, 5) is 28.0. The summed E-state index contributed by atoms with van der Waals surface area (Å²) in [7, 11) is 3.31. The van der Waals surface area contributed by atoms with E-state index in [0.29, 0.717) is 24.7 Å². The van der Waals surface area contributed by atoms with Crippen molar-refractivity contribution in [1.29, 1.82) is 0 Å². The highest BCUT2D eigenvalue weighted by atomic mass is 16.5. The normalized spacial score (nSPS) is 19.2. The number of fused-ring (bicyclic) bond motifs is 1. The molecule has 1 amide bonds. The summed E-state index contributed by atoms with van der Waals surface area (Å²) in [6.45, 7) is 3.33. The second-order valence-corrected chi connectivity index (χ2v) is 7.87. The van der Waals surface area contributed by atoms with Gasteiger partial charge in [0.25, 0.3) is 0 Å². The number of nitrogens with zero attached hydrogens (tertiary/aromatic N) is 2. The molecule has 0 aliphatic carbocycles. The van der Waals surface area contributed by atoms with E-state index in [-0.39, 0.29) is 23.6 Å². The SMILES string of the molecule is COc1cc(C(=O)O)ccc1Nc1ccc2c(c1)N(C1CCOCC1)[C@H](C)C(=O)N2C. The molecular weight excluding hydrogens is 398 g/mol. The van der Waals surface area contributed by atoms with Gasteiger partial charge >= 0.3 is 5.97 Å². The Morgan fingerprint density at radius 3 is 2.58 bits per heavy atom. The minimum Gasteiger partial charge on any atom is -0.495 e. The Morgan fingerprint density at radius 2 is 1.90 bits per heavy atom. The highest BCUT2D eigenvalue weighted by molar-refractivity contribution is 6.05. The van der Waals surface area contributed by atoms with Crippen molar-refractivity contribution in [3.05, 3.63) is 42.0 Å². The number of hydrogen-bond acceptors (Lipinski definition) is 6. The topological polar surface area (TPSA) is 91.3 Å². The van der Waals surface area contributed by atoms with Gasteiger partial charge in [0.15, 0.2) is 0 Å². The number of anilines is 4. The fraction of sp³-hybridized carbons (Fsp3) is 0.391. The zero-order valence-corrected chi connectivity index (χ0v) is 17.9. The molecule has 2 aromatic rings. The molecule has 164 valence electrons. The van der Waals surface area contributed by atoms with Crippen LogP contribution in [0.2, 0.25) is 0 Å². The van der Waals surface area contributed by atoms with Gasteiger partial charge in [-0.25, -0.2) is 4.79 Å². The molecule has 31 heavy (non-hydrogen) atoms. The standard InChI is InChI=1S/C23H27N3O5/c1-14-22(27)25(2)19-7-5-16(13-20(19)26(14)17-8-10-31-11-9-17)24-18-6-4-15(23(28)29)12-21(18)30-3/h4-7,12-14,17,24H,8-11H2,1-3H3,(H,28,29)/t14-/m1/s1. The number of carbonyl (C=O) groups is 2. The maximum atomic E-state index is 12.9. The van der Waals surface area contributed by atoms with Crippen molar-refractivity contribution in [2.24, 2.45) is 0 Å². The summed E-state index contributed by atoms with van der Waals surface area (Å²) < 4.78 is 10.9. The van der Waals surface area contributed by atoms with Crippen LogP contribution in [0.15, 0.2) is 36.4 Å². The Hall–Kier alpha value is -3.26. The maximum Gasteiger partial charge on any atom is 0.335 e. The number of ether oxygens (including phenoxy) is 2. The minimum absolute atomic E-state index is 0.0747. The van der Waals surface area contributed by atoms with E-state index in [2.05, 4.69) is 10.2 Å². The van der Waals surface area contributed by atoms with Gasteiger partial charge in [0, 0.05) is 32.0 Å². The maximum absolute atomic E-state index is 12.9. The van der Waals surface area contributed by atoms with Crippen LogP contribution in [0, 0.1) is 0 Å². The van der Waals surface area contributed by atoms with Gasteiger partial charge in [-0.1, -0.05) is 0 Å². The van der Waals surface area contributed by atoms with E-state index in [0.717, 1.165) is 29.9 Å². The van der Waals surface area contributed by atoms with Crippen LogP contribution in [0.5, 0.6) is 5.75 Å². The predicted molar refractivity (Wildman–Crippen MR) is 119 cm³/mol. The molecule has 2 aliphatic rings. The lowest BCUT2D eigenvalue weighted by molar-refractivity contribution is -0.119. The first-order chi connectivity index (χ1) is 14.9. The van der Waals surface area contributed by atoms with E-state index in [1.54, 1.807) is 18.0 Å². The molecule has 1 atom stereocenters. The Morgan fingerprint density at radius 1 is 1.16 bits per heavy atom. The smallest absolute Gasteiger partial charge is 0.335 e. The van der Waals surface area contributed by atoms with Crippen LogP contribution in [-0.4, -0.2) is 56.4 Å². The summed E-state index contributed by atoms with van der Waals surface area (Å²) in [5, 5.41) is 12.6. The first-order valence-corrected chi connectivity index (χ1v) is 10.4. The van der Waals surface area contributed by atoms with Gasteiger partial charge in [-0.15, -0.1) is 0 Å². The van der Waals surface area contributed by atoms with Crippen molar-refractivity contribution in [3.8, 4) is 5.75 Å². The number of amides is 1. The molecule has 1 saturated heterocycles. The highest BCUT2D eigenvalue weighted by Gasteiger charge is 2.38. The number of carboxylic acids is 1. The number of rotatable bonds is 5. The Labute approximate surface area is 181 Å². The molecule has 8 heteroatoms. The van der Waals surface area contributed by atoms with Crippen LogP contribution >= 0.6 is 0 Å². The lowest BCUT2D eigenvalue weighted by Gasteiger charge is -2.45. The molecule has 0 aromatic heterocycles. The van der Waals surface area contributed by atoms with E-state index < -0.39 is 5.97 Å². The van der Waals surface area contributed by atoms with Crippen LogP contribution in [0.4, 0.5) is 22.7 Å². The quantitative estimate of drug-likeness (QED) is 0.758. The van der Waals surface area contributed by atoms with Crippen molar-refractivity contribution >= 4 is 34.6 Å². The molecular formula is C23H27N3O5. The van der Waals surface area contributed by atoms with E-state index >= 15 is 0 Å². The number of aromatic carboxylic acids is 1. The summed E-state index contributed by atoms with van der Waals surface area (Å²) in [5.74, 6) is -0.488. The number of carboxylic acid groups (broad SMARTS) is 1. The van der Waals surface area contributed by atoms with Crippen LogP contribution < -0.4 is 19.9 Å². The zero-order chi connectivity index (χ0) is 22.1. The van der Waals surface area contributed by atoms with Gasteiger partial charge in [-0.05, 0) is 56.2 Å². The number of carbonyl (C=O) groups excluding carboxylic acids is 1. The van der Waals surface area contributed by atoms with Crippen molar-refractivity contribution in [1.82, 2.24) is 0 Å². The molecule has 0 radical (unpaired) electrons. The van der Waals surface area contributed by atoms with Crippen LogP contribution in [0.1, 0.15) is 30.1 Å². The number of hydrogen-bond donors (Lipinski definition) is 2. The molecule has 2 heterocycles. The third-order valence-electron chi connectivity index (χ3n) is 6.03. The average Bonchev–Trinajstić information content (AvgIpc) is 2.78. The van der Waals surface area contributed by atoms with Crippen LogP contribution in [0.3, 0.4) is 0 Å². The van der Waals surface area contributed by atoms with Crippen LogP contribution in [0.25, 0.3) is 0 Å². The van der Waals surface area contributed by atoms with Crippen molar-refractivity contribution < 1.29 is 24.2 Å². The van der Waals surface area contributed by atoms with E-state index in [1.807, 2.05) is 25.1 Å². The van der Waals surface area contributed by atoms with Crippen molar-refractivity contribution in [3.63, 3.8) is 0 Å². The first kappa shape index (κ1) is 21.0. The highest BCUT2D eigenvalue weighted by Crippen LogP contribution is 2.41. The average molecular weight is 425 g/mol. The van der Waals surface area contributed by atoms with E-state index in [1.165, 1.54) is 19.2 Å². The van der Waals surface area contributed by atoms with Gasteiger partial charge in [-0.2, -0.15) is 0 Å². The second kappa shape index (κ2) is 8.47. The summed E-state index contributed by atoms with van der Waals surface area (Å²) in [6, 6.07) is 10.6. The molecule has 4 rings (SSSR count).